The Labute approximate surface area is 117 Å². The van der Waals surface area contributed by atoms with Crippen LogP contribution in [0.4, 0.5) is 0 Å². The number of rotatable bonds is 9. The van der Waals surface area contributed by atoms with Gasteiger partial charge in [-0.15, -0.1) is 0 Å². The Kier molecular flexibility index (Phi) is 7.47. The SMILES string of the molecule is COCCNCCNC(=O)CCc1c(C)noc1Cl. The van der Waals surface area contributed by atoms with Crippen molar-refractivity contribution in [3.63, 3.8) is 0 Å². The van der Waals surface area contributed by atoms with E-state index >= 15 is 0 Å². The summed E-state index contributed by atoms with van der Waals surface area (Å²) in [4.78, 5) is 11.6. The van der Waals surface area contributed by atoms with E-state index in [9.17, 15) is 4.79 Å². The molecule has 0 aromatic carbocycles. The standard InChI is InChI=1S/C12H20ClN3O3/c1-9-10(12(13)19-16-9)3-4-11(17)15-6-5-14-7-8-18-2/h14H,3-8H2,1-2H3,(H,15,17). The minimum absolute atomic E-state index is 0.00907. The van der Waals surface area contributed by atoms with E-state index in [-0.39, 0.29) is 11.1 Å². The lowest BCUT2D eigenvalue weighted by Crippen LogP contribution is -2.33. The lowest BCUT2D eigenvalue weighted by molar-refractivity contribution is -0.121. The van der Waals surface area contributed by atoms with Gasteiger partial charge < -0.3 is 19.9 Å². The molecule has 108 valence electrons. The van der Waals surface area contributed by atoms with Crippen molar-refractivity contribution in [1.82, 2.24) is 15.8 Å². The van der Waals surface area contributed by atoms with E-state index in [0.29, 0.717) is 26.0 Å². The maximum Gasteiger partial charge on any atom is 0.229 e. The van der Waals surface area contributed by atoms with Gasteiger partial charge in [0.15, 0.2) is 0 Å². The fourth-order valence-corrected chi connectivity index (χ4v) is 1.82. The molecule has 0 unspecified atom stereocenters. The monoisotopic (exact) mass is 289 g/mol. The highest BCUT2D eigenvalue weighted by Gasteiger charge is 2.12. The number of carbonyl (C=O) groups is 1. The highest BCUT2D eigenvalue weighted by atomic mass is 35.5. The van der Waals surface area contributed by atoms with Crippen LogP contribution in [0.5, 0.6) is 0 Å². The molecule has 0 aliphatic heterocycles. The molecule has 2 N–H and O–H groups in total. The Morgan fingerprint density at radius 1 is 1.42 bits per heavy atom. The normalized spacial score (nSPS) is 10.7. The van der Waals surface area contributed by atoms with Crippen molar-refractivity contribution in [3.8, 4) is 0 Å². The second kappa shape index (κ2) is 8.90. The zero-order chi connectivity index (χ0) is 14.1. The summed E-state index contributed by atoms with van der Waals surface area (Å²) in [6.45, 7) is 4.57. The van der Waals surface area contributed by atoms with E-state index in [0.717, 1.165) is 24.3 Å². The summed E-state index contributed by atoms with van der Waals surface area (Å²) in [5, 5.41) is 9.98. The van der Waals surface area contributed by atoms with Gasteiger partial charge in [-0.25, -0.2) is 0 Å². The third-order valence-electron chi connectivity index (χ3n) is 2.65. The summed E-state index contributed by atoms with van der Waals surface area (Å²) in [6, 6.07) is 0. The van der Waals surface area contributed by atoms with Gasteiger partial charge in [0.25, 0.3) is 0 Å². The van der Waals surface area contributed by atoms with Gasteiger partial charge in [0, 0.05) is 38.7 Å². The Bertz CT molecular complexity index is 376. The van der Waals surface area contributed by atoms with Crippen LogP contribution in [0, 0.1) is 6.92 Å². The molecular weight excluding hydrogens is 270 g/mol. The van der Waals surface area contributed by atoms with Crippen molar-refractivity contribution >= 4 is 17.5 Å². The van der Waals surface area contributed by atoms with Crippen LogP contribution in [-0.4, -0.2) is 44.4 Å². The first-order chi connectivity index (χ1) is 9.15. The van der Waals surface area contributed by atoms with Crippen LogP contribution in [0.25, 0.3) is 0 Å². The number of halogens is 1. The van der Waals surface area contributed by atoms with Crippen LogP contribution >= 0.6 is 11.6 Å². The Morgan fingerprint density at radius 2 is 2.21 bits per heavy atom. The van der Waals surface area contributed by atoms with Crippen LogP contribution in [0.2, 0.25) is 5.22 Å². The predicted octanol–water partition coefficient (Wildman–Crippen LogP) is 0.921. The lowest BCUT2D eigenvalue weighted by atomic mass is 10.1. The van der Waals surface area contributed by atoms with Gasteiger partial charge in [-0.2, -0.15) is 0 Å². The molecule has 0 saturated heterocycles. The minimum atomic E-state index is -0.00907. The van der Waals surface area contributed by atoms with Crippen LogP contribution < -0.4 is 10.6 Å². The van der Waals surface area contributed by atoms with Crippen LogP contribution in [-0.2, 0) is 16.0 Å². The maximum atomic E-state index is 11.6. The summed E-state index contributed by atoms with van der Waals surface area (Å²) < 4.78 is 9.72. The van der Waals surface area contributed by atoms with Crippen molar-refractivity contribution in [2.24, 2.45) is 0 Å². The molecule has 0 fully saturated rings. The van der Waals surface area contributed by atoms with Gasteiger partial charge in [-0.1, -0.05) is 5.16 Å². The Hall–Kier alpha value is -1.11. The summed E-state index contributed by atoms with van der Waals surface area (Å²) in [6.07, 6.45) is 0.914. The number of aryl methyl sites for hydroxylation is 1. The molecule has 19 heavy (non-hydrogen) atoms. The molecule has 0 aliphatic carbocycles. The molecule has 1 amide bonds. The van der Waals surface area contributed by atoms with E-state index < -0.39 is 0 Å². The van der Waals surface area contributed by atoms with Gasteiger partial charge in [0.1, 0.15) is 0 Å². The third kappa shape index (κ3) is 6.04. The van der Waals surface area contributed by atoms with Crippen molar-refractivity contribution in [2.75, 3.05) is 33.4 Å². The molecule has 1 rings (SSSR count). The largest absolute Gasteiger partial charge is 0.383 e. The maximum absolute atomic E-state index is 11.6. The zero-order valence-electron chi connectivity index (χ0n) is 11.3. The average molecular weight is 290 g/mol. The van der Waals surface area contributed by atoms with Gasteiger partial charge in [0.05, 0.1) is 12.3 Å². The first kappa shape index (κ1) is 15.9. The van der Waals surface area contributed by atoms with Crippen LogP contribution in [0.3, 0.4) is 0 Å². The summed E-state index contributed by atoms with van der Waals surface area (Å²) in [7, 11) is 1.65. The first-order valence-electron chi connectivity index (χ1n) is 6.22. The molecule has 1 heterocycles. The summed E-state index contributed by atoms with van der Waals surface area (Å²) in [5.41, 5.74) is 1.54. The number of carbonyl (C=O) groups excluding carboxylic acids is 1. The van der Waals surface area contributed by atoms with Gasteiger partial charge in [-0.3, -0.25) is 4.79 Å². The molecule has 0 spiro atoms. The summed E-state index contributed by atoms with van der Waals surface area (Å²) >= 11 is 5.82. The fourth-order valence-electron chi connectivity index (χ4n) is 1.56. The minimum Gasteiger partial charge on any atom is -0.383 e. The number of aromatic nitrogens is 1. The second-order valence-electron chi connectivity index (χ2n) is 4.11. The molecule has 0 radical (unpaired) electrons. The van der Waals surface area contributed by atoms with Gasteiger partial charge in [0.2, 0.25) is 11.1 Å². The molecule has 1 aromatic rings. The molecule has 1 aromatic heterocycles. The quantitative estimate of drug-likeness (QED) is 0.661. The van der Waals surface area contributed by atoms with Crippen molar-refractivity contribution in [1.29, 1.82) is 0 Å². The highest BCUT2D eigenvalue weighted by Crippen LogP contribution is 2.20. The first-order valence-corrected chi connectivity index (χ1v) is 6.60. The number of nitrogens with zero attached hydrogens (tertiary/aromatic N) is 1. The van der Waals surface area contributed by atoms with Crippen molar-refractivity contribution in [3.05, 3.63) is 16.5 Å². The molecule has 0 saturated carbocycles. The smallest absolute Gasteiger partial charge is 0.229 e. The molecule has 7 heteroatoms. The summed E-state index contributed by atoms with van der Waals surface area (Å²) in [5.74, 6) is -0.00907. The Morgan fingerprint density at radius 3 is 2.84 bits per heavy atom. The number of ether oxygens (including phenoxy) is 1. The van der Waals surface area contributed by atoms with Crippen molar-refractivity contribution < 1.29 is 14.1 Å². The molecular formula is C12H20ClN3O3. The highest BCUT2D eigenvalue weighted by molar-refractivity contribution is 6.29. The van der Waals surface area contributed by atoms with Crippen molar-refractivity contribution in [2.45, 2.75) is 19.8 Å². The molecule has 0 atom stereocenters. The number of nitrogens with one attached hydrogen (secondary N) is 2. The number of methoxy groups -OCH3 is 1. The lowest BCUT2D eigenvalue weighted by Gasteiger charge is -2.06. The topological polar surface area (TPSA) is 76.4 Å². The molecule has 0 bridgehead atoms. The third-order valence-corrected chi connectivity index (χ3v) is 2.94. The van der Waals surface area contributed by atoms with E-state index in [1.807, 2.05) is 6.92 Å². The second-order valence-corrected chi connectivity index (χ2v) is 4.46. The fraction of sp³-hybridized carbons (Fsp3) is 0.667. The van der Waals surface area contributed by atoms with Crippen LogP contribution in [0.1, 0.15) is 17.7 Å². The number of hydrogen-bond acceptors (Lipinski definition) is 5. The van der Waals surface area contributed by atoms with E-state index in [1.54, 1.807) is 7.11 Å². The van der Waals surface area contributed by atoms with E-state index in [1.165, 1.54) is 0 Å². The number of amides is 1. The van der Waals surface area contributed by atoms with Crippen LogP contribution in [0.15, 0.2) is 4.52 Å². The van der Waals surface area contributed by atoms with E-state index in [4.69, 9.17) is 20.9 Å². The van der Waals surface area contributed by atoms with Gasteiger partial charge in [-0.05, 0) is 24.9 Å². The van der Waals surface area contributed by atoms with Gasteiger partial charge >= 0.3 is 0 Å². The molecule has 0 aliphatic rings. The average Bonchev–Trinajstić information content (AvgIpc) is 2.71. The predicted molar refractivity (Wildman–Crippen MR) is 72.3 cm³/mol. The van der Waals surface area contributed by atoms with E-state index in [2.05, 4.69) is 15.8 Å². The Balaban J connectivity index is 2.11. The molecule has 6 nitrogen and oxygen atoms in total. The zero-order valence-corrected chi connectivity index (χ0v) is 12.0. The number of hydrogen-bond donors (Lipinski definition) is 2.